The Morgan fingerprint density at radius 2 is 1.88 bits per heavy atom. The van der Waals surface area contributed by atoms with Gasteiger partial charge in [0.15, 0.2) is 0 Å². The van der Waals surface area contributed by atoms with Gasteiger partial charge in [-0.05, 0) is 20.8 Å². The number of aliphatic hydroxyl groups is 1. The number of nitrogens with two attached hydrogens (primary N) is 1. The van der Waals surface area contributed by atoms with Crippen molar-refractivity contribution in [2.24, 2.45) is 11.1 Å². The van der Waals surface area contributed by atoms with Crippen molar-refractivity contribution in [1.29, 1.82) is 0 Å². The Bertz CT molecular complexity index is 234. The van der Waals surface area contributed by atoms with E-state index in [2.05, 4.69) is 5.32 Å². The van der Waals surface area contributed by atoms with E-state index >= 15 is 0 Å². The predicted molar refractivity (Wildman–Crippen MR) is 63.1 cm³/mol. The molecule has 0 aliphatic carbocycles. The minimum absolute atomic E-state index is 0.0509. The number of carbonyl (C=O) groups excluding carboxylic acids is 1. The molecular formula is C11H24N2O3. The van der Waals surface area contributed by atoms with Crippen molar-refractivity contribution in [3.05, 3.63) is 0 Å². The molecule has 0 radical (unpaired) electrons. The molecule has 0 aromatic heterocycles. The van der Waals surface area contributed by atoms with Crippen LogP contribution in [0.5, 0.6) is 0 Å². The first kappa shape index (κ1) is 15.2. The van der Waals surface area contributed by atoms with E-state index in [0.29, 0.717) is 0 Å². The molecule has 5 nitrogen and oxygen atoms in total. The van der Waals surface area contributed by atoms with Gasteiger partial charge in [-0.25, -0.2) is 4.79 Å². The Morgan fingerprint density at radius 1 is 1.38 bits per heavy atom. The Labute approximate surface area is 97.3 Å². The fraction of sp³-hybridized carbons (Fsp3) is 0.909. The minimum Gasteiger partial charge on any atom is -0.444 e. The lowest BCUT2D eigenvalue weighted by Crippen LogP contribution is -2.52. The van der Waals surface area contributed by atoms with Crippen molar-refractivity contribution in [2.75, 3.05) is 13.2 Å². The summed E-state index contributed by atoms with van der Waals surface area (Å²) in [5, 5.41) is 11.9. The third-order valence-corrected chi connectivity index (χ3v) is 2.28. The standard InChI is InChI=1S/C11H24N2O3/c1-10(2,3)16-9(15)13-8(6-12)11(4,5)7-14/h8,14H,6-7,12H2,1-5H3,(H,13,15). The molecule has 16 heavy (non-hydrogen) atoms. The fourth-order valence-electron chi connectivity index (χ4n) is 1.13. The van der Waals surface area contributed by atoms with Crippen LogP contribution in [0, 0.1) is 5.41 Å². The Morgan fingerprint density at radius 3 is 2.19 bits per heavy atom. The monoisotopic (exact) mass is 232 g/mol. The lowest BCUT2D eigenvalue weighted by molar-refractivity contribution is 0.0416. The summed E-state index contributed by atoms with van der Waals surface area (Å²) in [5.74, 6) is 0. The van der Waals surface area contributed by atoms with Crippen LogP contribution in [0.1, 0.15) is 34.6 Å². The van der Waals surface area contributed by atoms with E-state index in [-0.39, 0.29) is 19.2 Å². The summed E-state index contributed by atoms with van der Waals surface area (Å²) in [6.07, 6.45) is -0.510. The molecular weight excluding hydrogens is 208 g/mol. The van der Waals surface area contributed by atoms with Gasteiger partial charge in [0, 0.05) is 12.0 Å². The summed E-state index contributed by atoms with van der Waals surface area (Å²) >= 11 is 0. The smallest absolute Gasteiger partial charge is 0.407 e. The van der Waals surface area contributed by atoms with Crippen LogP contribution in [-0.4, -0.2) is 36.0 Å². The predicted octanol–water partition coefficient (Wildman–Crippen LogP) is 0.857. The van der Waals surface area contributed by atoms with Crippen molar-refractivity contribution >= 4 is 6.09 Å². The molecule has 0 aliphatic heterocycles. The first-order valence-corrected chi connectivity index (χ1v) is 5.43. The Hall–Kier alpha value is -0.810. The van der Waals surface area contributed by atoms with Gasteiger partial charge in [0.2, 0.25) is 0 Å². The van der Waals surface area contributed by atoms with Crippen LogP contribution in [-0.2, 0) is 4.74 Å². The largest absolute Gasteiger partial charge is 0.444 e. The first-order chi connectivity index (χ1) is 7.12. The van der Waals surface area contributed by atoms with E-state index in [9.17, 15) is 9.90 Å². The van der Waals surface area contributed by atoms with Gasteiger partial charge in [0.1, 0.15) is 5.60 Å². The highest BCUT2D eigenvalue weighted by Gasteiger charge is 2.30. The van der Waals surface area contributed by atoms with Crippen molar-refractivity contribution in [3.63, 3.8) is 0 Å². The topological polar surface area (TPSA) is 84.6 Å². The zero-order valence-electron chi connectivity index (χ0n) is 10.8. The number of amides is 1. The molecule has 0 saturated carbocycles. The summed E-state index contributed by atoms with van der Waals surface area (Å²) in [4.78, 5) is 11.5. The second kappa shape index (κ2) is 5.50. The molecule has 5 heteroatoms. The van der Waals surface area contributed by atoms with E-state index < -0.39 is 17.1 Å². The summed E-state index contributed by atoms with van der Waals surface area (Å²) in [6, 6.07) is -0.313. The number of alkyl carbamates (subject to hydrolysis) is 1. The molecule has 4 N–H and O–H groups in total. The molecule has 0 bridgehead atoms. The van der Waals surface area contributed by atoms with Crippen LogP contribution in [0.25, 0.3) is 0 Å². The molecule has 0 aromatic rings. The van der Waals surface area contributed by atoms with Crippen molar-refractivity contribution in [2.45, 2.75) is 46.3 Å². The van der Waals surface area contributed by atoms with Gasteiger partial charge in [0.25, 0.3) is 0 Å². The summed E-state index contributed by atoms with van der Waals surface area (Å²) < 4.78 is 5.12. The Kier molecular flexibility index (Phi) is 5.22. The highest BCUT2D eigenvalue weighted by atomic mass is 16.6. The second-order valence-corrected chi connectivity index (χ2v) is 5.58. The summed E-state index contributed by atoms with van der Waals surface area (Å²) in [5.41, 5.74) is 4.56. The zero-order chi connectivity index (χ0) is 13.0. The van der Waals surface area contributed by atoms with Gasteiger partial charge in [-0.3, -0.25) is 0 Å². The number of ether oxygens (including phenoxy) is 1. The lowest BCUT2D eigenvalue weighted by atomic mass is 9.85. The second-order valence-electron chi connectivity index (χ2n) is 5.58. The van der Waals surface area contributed by atoms with Crippen molar-refractivity contribution < 1.29 is 14.6 Å². The van der Waals surface area contributed by atoms with Crippen LogP contribution in [0.3, 0.4) is 0 Å². The van der Waals surface area contributed by atoms with Gasteiger partial charge in [-0.15, -0.1) is 0 Å². The van der Waals surface area contributed by atoms with Gasteiger partial charge in [-0.2, -0.15) is 0 Å². The number of carbonyl (C=O) groups is 1. The highest BCUT2D eigenvalue weighted by Crippen LogP contribution is 2.19. The van der Waals surface area contributed by atoms with Gasteiger partial charge < -0.3 is 20.9 Å². The molecule has 0 aliphatic rings. The summed E-state index contributed by atoms with van der Waals surface area (Å²) in [6.45, 7) is 9.25. The molecule has 0 saturated heterocycles. The Balaban J connectivity index is 4.40. The number of hydrogen-bond donors (Lipinski definition) is 3. The molecule has 1 unspecified atom stereocenters. The van der Waals surface area contributed by atoms with E-state index in [0.717, 1.165) is 0 Å². The van der Waals surface area contributed by atoms with Crippen LogP contribution in [0.15, 0.2) is 0 Å². The van der Waals surface area contributed by atoms with E-state index in [1.807, 2.05) is 13.8 Å². The summed E-state index contributed by atoms with van der Waals surface area (Å²) in [7, 11) is 0. The maximum absolute atomic E-state index is 11.5. The van der Waals surface area contributed by atoms with Gasteiger partial charge in [0.05, 0.1) is 12.6 Å². The average Bonchev–Trinajstić information content (AvgIpc) is 2.11. The van der Waals surface area contributed by atoms with Crippen LogP contribution < -0.4 is 11.1 Å². The minimum atomic E-state index is -0.535. The van der Waals surface area contributed by atoms with Crippen LogP contribution >= 0.6 is 0 Å². The third kappa shape index (κ3) is 5.32. The molecule has 0 spiro atoms. The number of rotatable bonds is 4. The molecule has 0 aromatic carbocycles. The van der Waals surface area contributed by atoms with E-state index in [1.54, 1.807) is 20.8 Å². The quantitative estimate of drug-likeness (QED) is 0.671. The number of aliphatic hydroxyl groups excluding tert-OH is 1. The molecule has 1 atom stereocenters. The van der Waals surface area contributed by atoms with Crippen LogP contribution in [0.4, 0.5) is 4.79 Å². The van der Waals surface area contributed by atoms with Gasteiger partial charge >= 0.3 is 6.09 Å². The zero-order valence-corrected chi connectivity index (χ0v) is 10.8. The van der Waals surface area contributed by atoms with Crippen molar-refractivity contribution in [1.82, 2.24) is 5.32 Å². The molecule has 0 rings (SSSR count). The molecule has 0 heterocycles. The third-order valence-electron chi connectivity index (χ3n) is 2.28. The van der Waals surface area contributed by atoms with E-state index in [1.165, 1.54) is 0 Å². The normalized spacial score (nSPS) is 14.4. The number of nitrogens with one attached hydrogen (secondary N) is 1. The lowest BCUT2D eigenvalue weighted by Gasteiger charge is -2.33. The van der Waals surface area contributed by atoms with Gasteiger partial charge in [-0.1, -0.05) is 13.8 Å². The number of hydrogen-bond acceptors (Lipinski definition) is 4. The molecule has 0 fully saturated rings. The average molecular weight is 232 g/mol. The maximum atomic E-state index is 11.5. The highest BCUT2D eigenvalue weighted by molar-refractivity contribution is 5.68. The molecule has 96 valence electrons. The van der Waals surface area contributed by atoms with E-state index in [4.69, 9.17) is 10.5 Å². The first-order valence-electron chi connectivity index (χ1n) is 5.43. The molecule has 1 amide bonds. The SMILES string of the molecule is CC(C)(C)OC(=O)NC(CN)C(C)(C)CO. The van der Waals surface area contributed by atoms with Crippen LogP contribution in [0.2, 0.25) is 0 Å². The fourth-order valence-corrected chi connectivity index (χ4v) is 1.13. The maximum Gasteiger partial charge on any atom is 0.407 e. The van der Waals surface area contributed by atoms with Crippen molar-refractivity contribution in [3.8, 4) is 0 Å².